The van der Waals surface area contributed by atoms with E-state index in [0.717, 1.165) is 17.1 Å². The minimum atomic E-state index is 0.0197. The van der Waals surface area contributed by atoms with E-state index < -0.39 is 0 Å². The first kappa shape index (κ1) is 17.4. The quantitative estimate of drug-likeness (QED) is 0.609. The van der Waals surface area contributed by atoms with E-state index in [4.69, 9.17) is 4.74 Å². The average molecular weight is 348 g/mol. The van der Waals surface area contributed by atoms with Crippen molar-refractivity contribution in [1.82, 2.24) is 9.97 Å². The number of Topliss-reactive ketones (excluding diaryl/α,β-unsaturated/α-hetero) is 1. The molecule has 0 saturated carbocycles. The van der Waals surface area contributed by atoms with Gasteiger partial charge < -0.3 is 15.4 Å². The number of hydrogen-bond donors (Lipinski definition) is 2. The molecule has 0 spiro atoms. The Morgan fingerprint density at radius 2 is 1.77 bits per heavy atom. The van der Waals surface area contributed by atoms with Gasteiger partial charge >= 0.3 is 0 Å². The summed E-state index contributed by atoms with van der Waals surface area (Å²) in [5.74, 6) is 2.04. The fraction of sp³-hybridized carbons (Fsp3) is 0.150. The molecule has 26 heavy (non-hydrogen) atoms. The smallest absolute Gasteiger partial charge is 0.159 e. The van der Waals surface area contributed by atoms with Gasteiger partial charge in [-0.05, 0) is 38.1 Å². The topological polar surface area (TPSA) is 76.1 Å². The minimum Gasteiger partial charge on any atom is -0.492 e. The first-order chi connectivity index (χ1) is 12.7. The molecule has 3 rings (SSSR count). The van der Waals surface area contributed by atoms with Crippen LogP contribution < -0.4 is 15.4 Å². The van der Waals surface area contributed by atoms with Crippen LogP contribution in [0.5, 0.6) is 5.75 Å². The second-order valence-corrected chi connectivity index (χ2v) is 5.60. The first-order valence-corrected chi connectivity index (χ1v) is 8.34. The van der Waals surface area contributed by atoms with Gasteiger partial charge in [-0.25, -0.2) is 9.97 Å². The molecule has 2 aromatic carbocycles. The summed E-state index contributed by atoms with van der Waals surface area (Å²) in [5, 5.41) is 6.43. The summed E-state index contributed by atoms with van der Waals surface area (Å²) in [6, 6.07) is 16.8. The SMILES string of the molecule is CCOc1ccccc1Nc1cc(Nc2cccc(C(C)=O)c2)ncn1. The van der Waals surface area contributed by atoms with Crippen molar-refractivity contribution >= 4 is 28.8 Å². The third-order valence-corrected chi connectivity index (χ3v) is 3.66. The summed E-state index contributed by atoms with van der Waals surface area (Å²) in [4.78, 5) is 20.0. The molecule has 0 atom stereocenters. The third-order valence-electron chi connectivity index (χ3n) is 3.66. The second kappa shape index (κ2) is 8.11. The van der Waals surface area contributed by atoms with Crippen LogP contribution in [0.2, 0.25) is 0 Å². The van der Waals surface area contributed by atoms with E-state index in [1.165, 1.54) is 6.33 Å². The van der Waals surface area contributed by atoms with E-state index in [0.29, 0.717) is 23.8 Å². The highest BCUT2D eigenvalue weighted by Crippen LogP contribution is 2.27. The Labute approximate surface area is 152 Å². The zero-order valence-electron chi connectivity index (χ0n) is 14.7. The lowest BCUT2D eigenvalue weighted by Crippen LogP contribution is -2.01. The Morgan fingerprint density at radius 1 is 1.00 bits per heavy atom. The van der Waals surface area contributed by atoms with Crippen LogP contribution in [0.15, 0.2) is 60.9 Å². The fourth-order valence-electron chi connectivity index (χ4n) is 2.45. The number of nitrogens with zero attached hydrogens (tertiary/aromatic N) is 2. The highest BCUT2D eigenvalue weighted by molar-refractivity contribution is 5.95. The minimum absolute atomic E-state index is 0.0197. The molecule has 3 aromatic rings. The molecule has 0 aliphatic rings. The number of benzene rings is 2. The highest BCUT2D eigenvalue weighted by Gasteiger charge is 2.06. The lowest BCUT2D eigenvalue weighted by molar-refractivity contribution is 0.101. The predicted molar refractivity (Wildman–Crippen MR) is 103 cm³/mol. The van der Waals surface area contributed by atoms with Crippen LogP contribution in [0.25, 0.3) is 0 Å². The summed E-state index contributed by atoms with van der Waals surface area (Å²) in [7, 11) is 0. The van der Waals surface area contributed by atoms with Gasteiger partial charge in [0.2, 0.25) is 0 Å². The van der Waals surface area contributed by atoms with Crippen LogP contribution in [-0.4, -0.2) is 22.4 Å². The standard InChI is InChI=1S/C20H20N4O2/c1-3-26-18-10-5-4-9-17(18)24-20-12-19(21-13-22-20)23-16-8-6-7-15(11-16)14(2)25/h4-13H,3H2,1-2H3,(H2,21,22,23,24). The maximum atomic E-state index is 11.5. The number of rotatable bonds is 7. The molecule has 1 aromatic heterocycles. The first-order valence-electron chi connectivity index (χ1n) is 8.34. The summed E-state index contributed by atoms with van der Waals surface area (Å²) in [5.41, 5.74) is 2.27. The maximum Gasteiger partial charge on any atom is 0.159 e. The van der Waals surface area contributed by atoms with Crippen LogP contribution in [0, 0.1) is 0 Å². The molecule has 1 heterocycles. The maximum absolute atomic E-state index is 11.5. The molecular weight excluding hydrogens is 328 g/mol. The molecule has 6 heteroatoms. The predicted octanol–water partition coefficient (Wildman–Crippen LogP) is 4.57. The van der Waals surface area contributed by atoms with E-state index in [-0.39, 0.29) is 5.78 Å². The zero-order valence-corrected chi connectivity index (χ0v) is 14.7. The van der Waals surface area contributed by atoms with Gasteiger partial charge in [0.05, 0.1) is 12.3 Å². The number of carbonyl (C=O) groups is 1. The van der Waals surface area contributed by atoms with Crippen molar-refractivity contribution in [1.29, 1.82) is 0 Å². The number of ketones is 1. The van der Waals surface area contributed by atoms with Gasteiger partial charge in [0.25, 0.3) is 0 Å². The molecule has 0 saturated heterocycles. The van der Waals surface area contributed by atoms with Gasteiger partial charge in [-0.2, -0.15) is 0 Å². The van der Waals surface area contributed by atoms with Crippen molar-refractivity contribution in [2.45, 2.75) is 13.8 Å². The number of carbonyl (C=O) groups excluding carboxylic acids is 1. The van der Waals surface area contributed by atoms with Crippen LogP contribution in [0.1, 0.15) is 24.2 Å². The van der Waals surface area contributed by atoms with Crippen LogP contribution in [-0.2, 0) is 0 Å². The molecule has 2 N–H and O–H groups in total. The van der Waals surface area contributed by atoms with E-state index >= 15 is 0 Å². The van der Waals surface area contributed by atoms with Gasteiger partial charge in [0, 0.05) is 17.3 Å². The van der Waals surface area contributed by atoms with E-state index in [1.54, 1.807) is 25.1 Å². The van der Waals surface area contributed by atoms with Gasteiger partial charge in [0.15, 0.2) is 5.78 Å². The van der Waals surface area contributed by atoms with Crippen LogP contribution in [0.4, 0.5) is 23.0 Å². The molecule has 6 nitrogen and oxygen atoms in total. The molecule has 0 fully saturated rings. The lowest BCUT2D eigenvalue weighted by atomic mass is 10.1. The van der Waals surface area contributed by atoms with E-state index in [2.05, 4.69) is 20.6 Å². The number of anilines is 4. The van der Waals surface area contributed by atoms with Crippen molar-refractivity contribution in [2.24, 2.45) is 0 Å². The van der Waals surface area contributed by atoms with Crippen molar-refractivity contribution in [2.75, 3.05) is 17.2 Å². The molecule has 0 aliphatic heterocycles. The Kier molecular flexibility index (Phi) is 5.43. The average Bonchev–Trinajstić information content (AvgIpc) is 2.64. The number of hydrogen-bond acceptors (Lipinski definition) is 6. The second-order valence-electron chi connectivity index (χ2n) is 5.60. The van der Waals surface area contributed by atoms with E-state index in [1.807, 2.05) is 43.3 Å². The lowest BCUT2D eigenvalue weighted by Gasteiger charge is -2.12. The highest BCUT2D eigenvalue weighted by atomic mass is 16.5. The molecule has 132 valence electrons. The monoisotopic (exact) mass is 348 g/mol. The van der Waals surface area contributed by atoms with Gasteiger partial charge in [-0.1, -0.05) is 24.3 Å². The third kappa shape index (κ3) is 4.36. The largest absolute Gasteiger partial charge is 0.492 e. The molecule has 0 amide bonds. The van der Waals surface area contributed by atoms with Crippen molar-refractivity contribution in [3.8, 4) is 5.75 Å². The Hall–Kier alpha value is -3.41. The molecular formula is C20H20N4O2. The van der Waals surface area contributed by atoms with Crippen LogP contribution >= 0.6 is 0 Å². The Balaban J connectivity index is 1.79. The fourth-order valence-corrected chi connectivity index (χ4v) is 2.45. The number of nitrogens with one attached hydrogen (secondary N) is 2. The summed E-state index contributed by atoms with van der Waals surface area (Å²) >= 11 is 0. The van der Waals surface area contributed by atoms with Crippen molar-refractivity contribution in [3.05, 3.63) is 66.5 Å². The van der Waals surface area contributed by atoms with Crippen LogP contribution in [0.3, 0.4) is 0 Å². The summed E-state index contributed by atoms with van der Waals surface area (Å²) in [6.45, 7) is 4.07. The molecule has 0 radical (unpaired) electrons. The molecule has 0 aliphatic carbocycles. The Bertz CT molecular complexity index is 912. The number of aromatic nitrogens is 2. The van der Waals surface area contributed by atoms with E-state index in [9.17, 15) is 4.79 Å². The summed E-state index contributed by atoms with van der Waals surface area (Å²) in [6.07, 6.45) is 1.47. The van der Waals surface area contributed by atoms with Gasteiger partial charge in [-0.15, -0.1) is 0 Å². The zero-order chi connectivity index (χ0) is 18.4. The number of para-hydroxylation sites is 2. The van der Waals surface area contributed by atoms with Gasteiger partial charge in [-0.3, -0.25) is 4.79 Å². The molecule has 0 bridgehead atoms. The Morgan fingerprint density at radius 3 is 2.54 bits per heavy atom. The normalized spacial score (nSPS) is 10.2. The van der Waals surface area contributed by atoms with Gasteiger partial charge in [0.1, 0.15) is 23.7 Å². The van der Waals surface area contributed by atoms with Crippen molar-refractivity contribution in [3.63, 3.8) is 0 Å². The molecule has 0 unspecified atom stereocenters. The summed E-state index contributed by atoms with van der Waals surface area (Å²) < 4.78 is 5.62. The van der Waals surface area contributed by atoms with Crippen molar-refractivity contribution < 1.29 is 9.53 Å². The number of ether oxygens (including phenoxy) is 1.